The van der Waals surface area contributed by atoms with E-state index in [-0.39, 0.29) is 18.4 Å². The van der Waals surface area contributed by atoms with Crippen molar-refractivity contribution in [3.05, 3.63) is 17.5 Å². The van der Waals surface area contributed by atoms with Crippen LogP contribution in [0.4, 0.5) is 0 Å². The van der Waals surface area contributed by atoms with Gasteiger partial charge in [-0.25, -0.2) is 0 Å². The summed E-state index contributed by atoms with van der Waals surface area (Å²) >= 11 is 3.09. The van der Waals surface area contributed by atoms with E-state index < -0.39 is 5.97 Å². The van der Waals surface area contributed by atoms with Crippen molar-refractivity contribution in [3.8, 4) is 0 Å². The third-order valence-electron chi connectivity index (χ3n) is 2.79. The lowest BCUT2D eigenvalue weighted by molar-refractivity contribution is -0.144. The van der Waals surface area contributed by atoms with E-state index in [2.05, 4.69) is 0 Å². The van der Waals surface area contributed by atoms with Gasteiger partial charge in [0.15, 0.2) is 0 Å². The Kier molecular flexibility index (Phi) is 5.24. The number of carbonyl (C=O) groups is 2. The number of aliphatic carboxylic acids is 1. The zero-order chi connectivity index (χ0) is 13.7. The average Bonchev–Trinajstić information content (AvgIpc) is 2.89. The molecule has 0 aromatic carbocycles. The van der Waals surface area contributed by atoms with E-state index in [9.17, 15) is 9.59 Å². The molecule has 1 aromatic rings. The van der Waals surface area contributed by atoms with Crippen LogP contribution in [0.3, 0.4) is 0 Å². The number of ether oxygens (including phenoxy) is 1. The number of amides is 1. The molecule has 7 heteroatoms. The van der Waals surface area contributed by atoms with E-state index in [1.165, 1.54) is 11.8 Å². The van der Waals surface area contributed by atoms with E-state index in [1.807, 2.05) is 17.5 Å². The summed E-state index contributed by atoms with van der Waals surface area (Å²) in [5.74, 6) is -0.580. The van der Waals surface area contributed by atoms with E-state index in [1.54, 1.807) is 16.2 Å². The number of carboxylic acid groups (broad SMARTS) is 1. The summed E-state index contributed by atoms with van der Waals surface area (Å²) < 4.78 is 6.35. The van der Waals surface area contributed by atoms with Gasteiger partial charge >= 0.3 is 5.97 Å². The molecule has 0 aliphatic carbocycles. The number of carbonyl (C=O) groups excluding carboxylic acids is 1. The second-order valence-corrected chi connectivity index (χ2v) is 6.36. The predicted molar refractivity (Wildman–Crippen MR) is 73.6 cm³/mol. The smallest absolute Gasteiger partial charge is 0.305 e. The first-order chi connectivity index (χ1) is 9.16. The second-order valence-electron chi connectivity index (χ2n) is 4.13. The number of hydrogen-bond acceptors (Lipinski definition) is 5. The Balaban J connectivity index is 1.89. The van der Waals surface area contributed by atoms with Crippen molar-refractivity contribution >= 4 is 35.0 Å². The van der Waals surface area contributed by atoms with Crippen molar-refractivity contribution < 1.29 is 19.4 Å². The Morgan fingerprint density at radius 1 is 1.58 bits per heavy atom. The molecule has 5 nitrogen and oxygen atoms in total. The highest BCUT2D eigenvalue weighted by molar-refractivity contribution is 8.01. The molecule has 0 radical (unpaired) electrons. The van der Waals surface area contributed by atoms with Crippen molar-refractivity contribution in [2.45, 2.75) is 16.7 Å². The Bertz CT molecular complexity index is 435. The third-order valence-corrected chi connectivity index (χ3v) is 4.91. The molecule has 1 fully saturated rings. The van der Waals surface area contributed by atoms with Crippen molar-refractivity contribution in [3.63, 3.8) is 0 Å². The van der Waals surface area contributed by atoms with Crippen LogP contribution in [0, 0.1) is 0 Å². The number of rotatable bonds is 5. The van der Waals surface area contributed by atoms with Crippen LogP contribution in [-0.2, 0) is 14.3 Å². The third kappa shape index (κ3) is 4.22. The van der Waals surface area contributed by atoms with Gasteiger partial charge < -0.3 is 14.7 Å². The summed E-state index contributed by atoms with van der Waals surface area (Å²) in [6.07, 6.45) is -0.0601. The van der Waals surface area contributed by atoms with Gasteiger partial charge in [-0.3, -0.25) is 9.59 Å². The maximum Gasteiger partial charge on any atom is 0.305 e. The van der Waals surface area contributed by atoms with Crippen LogP contribution in [0.1, 0.15) is 6.42 Å². The minimum Gasteiger partial charge on any atom is -0.481 e. The fraction of sp³-hybridized carbons (Fsp3) is 0.500. The van der Waals surface area contributed by atoms with Crippen LogP contribution in [0.25, 0.3) is 0 Å². The molecule has 1 saturated heterocycles. The first-order valence-corrected chi connectivity index (χ1v) is 7.78. The van der Waals surface area contributed by atoms with E-state index in [0.717, 1.165) is 4.21 Å². The largest absolute Gasteiger partial charge is 0.481 e. The van der Waals surface area contributed by atoms with Gasteiger partial charge in [0.2, 0.25) is 5.91 Å². The van der Waals surface area contributed by atoms with Gasteiger partial charge in [0.05, 0.1) is 35.6 Å². The van der Waals surface area contributed by atoms with Gasteiger partial charge in [-0.15, -0.1) is 23.1 Å². The molecule has 2 heterocycles. The molecular formula is C12H15NO4S2. The van der Waals surface area contributed by atoms with Gasteiger partial charge in [0.1, 0.15) is 0 Å². The number of hydrogen-bond donors (Lipinski definition) is 1. The number of morpholine rings is 1. The van der Waals surface area contributed by atoms with Gasteiger partial charge in [-0.2, -0.15) is 0 Å². The summed E-state index contributed by atoms with van der Waals surface area (Å²) in [5.41, 5.74) is 0. The fourth-order valence-corrected chi connectivity index (χ4v) is 3.59. The second kappa shape index (κ2) is 6.93. The molecule has 1 aromatic heterocycles. The Morgan fingerprint density at radius 3 is 3.11 bits per heavy atom. The van der Waals surface area contributed by atoms with Gasteiger partial charge in [-0.05, 0) is 11.4 Å². The summed E-state index contributed by atoms with van der Waals surface area (Å²) in [6, 6.07) is 3.57. The molecule has 1 unspecified atom stereocenters. The highest BCUT2D eigenvalue weighted by atomic mass is 32.2. The molecule has 19 heavy (non-hydrogen) atoms. The number of nitrogens with zero attached hydrogens (tertiary/aromatic N) is 1. The lowest BCUT2D eigenvalue weighted by Gasteiger charge is -2.34. The van der Waals surface area contributed by atoms with Crippen molar-refractivity contribution in [2.75, 3.05) is 25.5 Å². The van der Waals surface area contributed by atoms with Crippen molar-refractivity contribution in [2.24, 2.45) is 0 Å². The molecule has 2 rings (SSSR count). The molecular weight excluding hydrogens is 286 g/mol. The van der Waals surface area contributed by atoms with Gasteiger partial charge in [0.25, 0.3) is 0 Å². The molecule has 1 aliphatic rings. The summed E-state index contributed by atoms with van der Waals surface area (Å²) in [4.78, 5) is 24.6. The molecule has 0 bridgehead atoms. The zero-order valence-corrected chi connectivity index (χ0v) is 11.9. The molecule has 1 atom stereocenters. The highest BCUT2D eigenvalue weighted by Gasteiger charge is 2.28. The molecule has 0 spiro atoms. The molecule has 104 valence electrons. The summed E-state index contributed by atoms with van der Waals surface area (Å²) in [5, 5.41) is 10.8. The quantitative estimate of drug-likeness (QED) is 0.836. The topological polar surface area (TPSA) is 66.8 Å². The Morgan fingerprint density at radius 2 is 2.42 bits per heavy atom. The standard InChI is InChI=1S/C12H15NO4S2/c14-10(8-19-12-2-1-5-18-12)13-3-4-17-7-9(13)6-11(15)16/h1-2,5,9H,3-4,6-8H2,(H,15,16). The van der Waals surface area contributed by atoms with Crippen molar-refractivity contribution in [1.82, 2.24) is 4.90 Å². The molecule has 1 N–H and O–H groups in total. The lowest BCUT2D eigenvalue weighted by atomic mass is 10.1. The van der Waals surface area contributed by atoms with Crippen LogP contribution < -0.4 is 0 Å². The Labute approximate surface area is 119 Å². The fourth-order valence-electron chi connectivity index (χ4n) is 1.92. The maximum absolute atomic E-state index is 12.1. The number of carboxylic acids is 1. The van der Waals surface area contributed by atoms with Crippen molar-refractivity contribution in [1.29, 1.82) is 0 Å². The minimum absolute atomic E-state index is 0.0204. The minimum atomic E-state index is -0.904. The van der Waals surface area contributed by atoms with Gasteiger partial charge in [0, 0.05) is 6.54 Å². The van der Waals surface area contributed by atoms with Crippen LogP contribution in [-0.4, -0.2) is 53.4 Å². The summed E-state index contributed by atoms with van der Waals surface area (Å²) in [6.45, 7) is 1.26. The lowest BCUT2D eigenvalue weighted by Crippen LogP contribution is -2.50. The van der Waals surface area contributed by atoms with Gasteiger partial charge in [-0.1, -0.05) is 6.07 Å². The highest BCUT2D eigenvalue weighted by Crippen LogP contribution is 2.24. The van der Waals surface area contributed by atoms with E-state index in [0.29, 0.717) is 25.5 Å². The maximum atomic E-state index is 12.1. The average molecular weight is 301 g/mol. The monoisotopic (exact) mass is 301 g/mol. The van der Waals surface area contributed by atoms with Crippen LogP contribution in [0.5, 0.6) is 0 Å². The molecule has 0 saturated carbocycles. The zero-order valence-electron chi connectivity index (χ0n) is 10.3. The summed E-state index contributed by atoms with van der Waals surface area (Å²) in [7, 11) is 0. The first-order valence-electron chi connectivity index (χ1n) is 5.92. The van der Waals surface area contributed by atoms with E-state index >= 15 is 0 Å². The van der Waals surface area contributed by atoms with E-state index in [4.69, 9.17) is 9.84 Å². The normalized spacial score (nSPS) is 19.4. The predicted octanol–water partition coefficient (Wildman–Crippen LogP) is 1.54. The Hall–Kier alpha value is -1.05. The number of thiophene rings is 1. The molecule has 1 amide bonds. The first kappa shape index (κ1) is 14.4. The van der Waals surface area contributed by atoms with Crippen LogP contribution in [0.15, 0.2) is 21.7 Å². The number of thioether (sulfide) groups is 1. The van der Waals surface area contributed by atoms with Crippen LogP contribution >= 0.6 is 23.1 Å². The molecule has 1 aliphatic heterocycles. The SMILES string of the molecule is O=C(O)CC1COCCN1C(=O)CSc1cccs1. The van der Waals surface area contributed by atoms with Crippen LogP contribution in [0.2, 0.25) is 0 Å².